The first-order valence-electron chi connectivity index (χ1n) is 8.38. The fourth-order valence-electron chi connectivity index (χ4n) is 2.38. The van der Waals surface area contributed by atoms with E-state index in [-0.39, 0.29) is 30.6 Å². The van der Waals surface area contributed by atoms with Crippen LogP contribution in [0.25, 0.3) is 11.6 Å². The van der Waals surface area contributed by atoms with Gasteiger partial charge in [0.05, 0.1) is 6.54 Å². The lowest BCUT2D eigenvalue weighted by Crippen LogP contribution is -2.38. The number of amides is 2. The molecule has 10 heteroatoms. The van der Waals surface area contributed by atoms with Gasteiger partial charge in [-0.25, -0.2) is 19.3 Å². The molecule has 0 atom stereocenters. The molecule has 0 saturated heterocycles. The van der Waals surface area contributed by atoms with Crippen molar-refractivity contribution in [3.8, 4) is 11.6 Å². The molecule has 0 radical (unpaired) electrons. The van der Waals surface area contributed by atoms with Crippen LogP contribution in [0.15, 0.2) is 52.0 Å². The second kappa shape index (κ2) is 8.25. The average molecular weight is 382 g/mol. The van der Waals surface area contributed by atoms with E-state index in [1.54, 1.807) is 18.2 Å². The SMILES string of the molecule is Cc1ccc(NC(=O)CN(C)C(=O)Cn2c(-c3ncccn3)noc2=O)cc1. The van der Waals surface area contributed by atoms with Crippen molar-refractivity contribution in [1.82, 2.24) is 24.6 Å². The monoisotopic (exact) mass is 382 g/mol. The van der Waals surface area contributed by atoms with Crippen molar-refractivity contribution in [2.75, 3.05) is 18.9 Å². The number of nitrogens with zero attached hydrogens (tertiary/aromatic N) is 5. The molecule has 10 nitrogen and oxygen atoms in total. The van der Waals surface area contributed by atoms with E-state index < -0.39 is 11.7 Å². The van der Waals surface area contributed by atoms with Gasteiger partial charge in [0.1, 0.15) is 6.54 Å². The van der Waals surface area contributed by atoms with Crippen molar-refractivity contribution in [2.45, 2.75) is 13.5 Å². The Balaban J connectivity index is 1.65. The van der Waals surface area contributed by atoms with Crippen molar-refractivity contribution in [3.05, 3.63) is 58.8 Å². The van der Waals surface area contributed by atoms with Gasteiger partial charge in [0.15, 0.2) is 5.82 Å². The minimum Gasteiger partial charge on any atom is -0.335 e. The molecule has 2 heterocycles. The molecule has 0 fully saturated rings. The molecule has 0 aliphatic heterocycles. The average Bonchev–Trinajstić information content (AvgIpc) is 3.04. The molecule has 2 amide bonds. The van der Waals surface area contributed by atoms with Gasteiger partial charge in [0, 0.05) is 25.1 Å². The van der Waals surface area contributed by atoms with E-state index in [1.807, 2.05) is 19.1 Å². The summed E-state index contributed by atoms with van der Waals surface area (Å²) >= 11 is 0. The van der Waals surface area contributed by atoms with Gasteiger partial charge in [0.2, 0.25) is 17.6 Å². The van der Waals surface area contributed by atoms with Crippen LogP contribution in [-0.2, 0) is 16.1 Å². The number of hydrogen-bond donors (Lipinski definition) is 1. The quantitative estimate of drug-likeness (QED) is 0.665. The molecule has 0 aliphatic carbocycles. The zero-order chi connectivity index (χ0) is 20.1. The number of rotatable bonds is 6. The van der Waals surface area contributed by atoms with Gasteiger partial charge < -0.3 is 10.2 Å². The third-order valence-electron chi connectivity index (χ3n) is 3.89. The van der Waals surface area contributed by atoms with Crippen molar-refractivity contribution in [3.63, 3.8) is 0 Å². The summed E-state index contributed by atoms with van der Waals surface area (Å²) in [4.78, 5) is 45.7. The van der Waals surface area contributed by atoms with Crippen LogP contribution < -0.4 is 11.1 Å². The van der Waals surface area contributed by atoms with E-state index in [9.17, 15) is 14.4 Å². The van der Waals surface area contributed by atoms with Crippen LogP contribution in [-0.4, -0.2) is 50.0 Å². The minimum atomic E-state index is -0.812. The van der Waals surface area contributed by atoms with E-state index in [1.165, 1.54) is 24.3 Å². The molecule has 3 rings (SSSR count). The molecule has 0 unspecified atom stereocenters. The molecular weight excluding hydrogens is 364 g/mol. The highest BCUT2D eigenvalue weighted by atomic mass is 16.5. The number of nitrogens with one attached hydrogen (secondary N) is 1. The van der Waals surface area contributed by atoms with E-state index in [2.05, 4.69) is 25.0 Å². The van der Waals surface area contributed by atoms with E-state index >= 15 is 0 Å². The molecule has 0 bridgehead atoms. The summed E-state index contributed by atoms with van der Waals surface area (Å²) in [6, 6.07) is 8.90. The van der Waals surface area contributed by atoms with Crippen LogP contribution in [0.4, 0.5) is 5.69 Å². The first kappa shape index (κ1) is 19.0. The molecule has 2 aromatic heterocycles. The first-order valence-corrected chi connectivity index (χ1v) is 8.38. The number of anilines is 1. The lowest BCUT2D eigenvalue weighted by atomic mass is 10.2. The Morgan fingerprint density at radius 2 is 1.86 bits per heavy atom. The number of hydrogen-bond acceptors (Lipinski definition) is 7. The third-order valence-corrected chi connectivity index (χ3v) is 3.89. The topological polar surface area (TPSA) is 123 Å². The summed E-state index contributed by atoms with van der Waals surface area (Å²) in [7, 11) is 1.47. The maximum Gasteiger partial charge on any atom is 0.442 e. The summed E-state index contributed by atoms with van der Waals surface area (Å²) in [5.74, 6) is -1.45. The van der Waals surface area contributed by atoms with Crippen LogP contribution in [0.3, 0.4) is 0 Å². The minimum absolute atomic E-state index is 0.0384. The summed E-state index contributed by atoms with van der Waals surface area (Å²) in [6.07, 6.45) is 2.96. The molecular formula is C18H18N6O4. The highest BCUT2D eigenvalue weighted by molar-refractivity contribution is 5.94. The van der Waals surface area contributed by atoms with Gasteiger partial charge in [-0.2, -0.15) is 0 Å². The normalized spacial score (nSPS) is 10.5. The summed E-state index contributed by atoms with van der Waals surface area (Å²) in [6.45, 7) is 1.41. The van der Waals surface area contributed by atoms with Gasteiger partial charge in [-0.3, -0.25) is 14.1 Å². The standard InChI is InChI=1S/C18H18N6O4/c1-12-4-6-13(7-5-12)21-14(25)10-23(2)15(26)11-24-17(22-28-18(24)27)16-19-8-3-9-20-16/h3-9H,10-11H2,1-2H3,(H,21,25). The largest absolute Gasteiger partial charge is 0.442 e. The van der Waals surface area contributed by atoms with Crippen LogP contribution in [0.2, 0.25) is 0 Å². The molecule has 28 heavy (non-hydrogen) atoms. The molecule has 0 spiro atoms. The van der Waals surface area contributed by atoms with Crippen LogP contribution in [0, 0.1) is 6.92 Å². The lowest BCUT2D eigenvalue weighted by molar-refractivity contribution is -0.133. The van der Waals surface area contributed by atoms with E-state index in [4.69, 9.17) is 0 Å². The Morgan fingerprint density at radius 3 is 2.54 bits per heavy atom. The van der Waals surface area contributed by atoms with Crippen LogP contribution in [0.1, 0.15) is 5.56 Å². The molecule has 0 aliphatic rings. The highest BCUT2D eigenvalue weighted by Gasteiger charge is 2.20. The Morgan fingerprint density at radius 1 is 1.18 bits per heavy atom. The number of likely N-dealkylation sites (N-methyl/N-ethyl adjacent to an activating group) is 1. The van der Waals surface area contributed by atoms with Crippen LogP contribution in [0.5, 0.6) is 0 Å². The van der Waals surface area contributed by atoms with Gasteiger partial charge in [-0.1, -0.05) is 22.9 Å². The Kier molecular flexibility index (Phi) is 5.58. The predicted molar refractivity (Wildman–Crippen MR) is 99.2 cm³/mol. The Labute approximate surface area is 159 Å². The maximum absolute atomic E-state index is 12.5. The van der Waals surface area contributed by atoms with Crippen molar-refractivity contribution in [2.24, 2.45) is 0 Å². The maximum atomic E-state index is 12.5. The zero-order valence-electron chi connectivity index (χ0n) is 15.3. The molecule has 3 aromatic rings. The lowest BCUT2D eigenvalue weighted by Gasteiger charge is -2.17. The second-order valence-corrected chi connectivity index (χ2v) is 6.09. The van der Waals surface area contributed by atoms with Gasteiger partial charge in [-0.05, 0) is 25.1 Å². The van der Waals surface area contributed by atoms with Gasteiger partial charge >= 0.3 is 5.76 Å². The fraction of sp³-hybridized carbons (Fsp3) is 0.222. The summed E-state index contributed by atoms with van der Waals surface area (Å²) in [5.41, 5.74) is 1.71. The molecule has 1 N–H and O–H groups in total. The van der Waals surface area contributed by atoms with Gasteiger partial charge in [-0.15, -0.1) is 0 Å². The smallest absolute Gasteiger partial charge is 0.335 e. The first-order chi connectivity index (χ1) is 13.4. The summed E-state index contributed by atoms with van der Waals surface area (Å²) in [5, 5.41) is 6.33. The number of aromatic nitrogens is 4. The molecule has 1 aromatic carbocycles. The van der Waals surface area contributed by atoms with E-state index in [0.29, 0.717) is 5.69 Å². The predicted octanol–water partition coefficient (Wildman–Crippen LogP) is 0.699. The Bertz CT molecular complexity index is 1030. The number of carbonyl (C=O) groups is 2. The number of aryl methyl sites for hydroxylation is 1. The molecule has 144 valence electrons. The number of benzene rings is 1. The Hall–Kier alpha value is -3.82. The van der Waals surface area contributed by atoms with Gasteiger partial charge in [0.25, 0.3) is 0 Å². The van der Waals surface area contributed by atoms with Crippen molar-refractivity contribution >= 4 is 17.5 Å². The van der Waals surface area contributed by atoms with Crippen molar-refractivity contribution in [1.29, 1.82) is 0 Å². The highest BCUT2D eigenvalue weighted by Crippen LogP contribution is 2.10. The fourth-order valence-corrected chi connectivity index (χ4v) is 2.38. The van der Waals surface area contributed by atoms with Crippen LogP contribution >= 0.6 is 0 Å². The zero-order valence-corrected chi connectivity index (χ0v) is 15.3. The molecule has 0 saturated carbocycles. The summed E-state index contributed by atoms with van der Waals surface area (Å²) < 4.78 is 5.65. The second-order valence-electron chi connectivity index (χ2n) is 6.09. The van der Waals surface area contributed by atoms with E-state index in [0.717, 1.165) is 10.1 Å². The number of carbonyl (C=O) groups excluding carboxylic acids is 2. The third kappa shape index (κ3) is 4.47. The van der Waals surface area contributed by atoms with Crippen molar-refractivity contribution < 1.29 is 14.1 Å².